The van der Waals surface area contributed by atoms with Crippen molar-refractivity contribution in [1.29, 1.82) is 0 Å². The highest BCUT2D eigenvalue weighted by atomic mass is 79.9. The Morgan fingerprint density at radius 3 is 2.38 bits per heavy atom. The van der Waals surface area contributed by atoms with E-state index in [0.717, 1.165) is 23.2 Å². The Hall–Kier alpha value is -1.64. The van der Waals surface area contributed by atoms with Crippen molar-refractivity contribution < 1.29 is 29.6 Å². The lowest BCUT2D eigenvalue weighted by Gasteiger charge is -2.06. The number of ether oxygens (including phenoxy) is 1. The first kappa shape index (κ1) is 19.4. The van der Waals surface area contributed by atoms with Gasteiger partial charge in [0.15, 0.2) is 0 Å². The number of aliphatic hydroxyl groups excluding tert-OH is 1. The average molecular weight is 364 g/mol. The van der Waals surface area contributed by atoms with Gasteiger partial charge >= 0.3 is 11.9 Å². The Bertz CT molecular complexity index is 428. The molecule has 0 fully saturated rings. The third kappa shape index (κ3) is 11.9. The number of rotatable bonds is 7. The van der Waals surface area contributed by atoms with Crippen molar-refractivity contribution >= 4 is 27.9 Å². The molecule has 118 valence electrons. The number of halogens is 1. The van der Waals surface area contributed by atoms with Crippen molar-refractivity contribution in [3.05, 3.63) is 28.7 Å². The molecule has 0 aliphatic carbocycles. The normalized spacial score (nSPS) is 9.43. The Labute approximate surface area is 130 Å². The number of carbonyl (C=O) groups is 2. The van der Waals surface area contributed by atoms with E-state index >= 15 is 0 Å². The standard InChI is InChI=1S/C11H16BrNO2.C2H2O4/c12-10-3-1-4-11(9-10)15-8-2-5-13-6-7-14;3-1(4)2(5)6/h1,3-4,9,13-14H,2,5-8H2;(H,3,4)(H,5,6). The van der Waals surface area contributed by atoms with Crippen molar-refractivity contribution in [2.75, 3.05) is 26.3 Å². The molecule has 0 aromatic heterocycles. The summed E-state index contributed by atoms with van der Waals surface area (Å²) in [5.74, 6) is -2.77. The third-order valence-corrected chi connectivity index (χ3v) is 2.53. The smallest absolute Gasteiger partial charge is 0.414 e. The minimum atomic E-state index is -1.82. The topological polar surface area (TPSA) is 116 Å². The van der Waals surface area contributed by atoms with Gasteiger partial charge in [0, 0.05) is 11.0 Å². The molecule has 8 heteroatoms. The van der Waals surface area contributed by atoms with Crippen molar-refractivity contribution in [2.45, 2.75) is 6.42 Å². The molecule has 1 rings (SSSR count). The van der Waals surface area contributed by atoms with Crippen LogP contribution in [0.25, 0.3) is 0 Å². The van der Waals surface area contributed by atoms with Crippen molar-refractivity contribution in [3.63, 3.8) is 0 Å². The lowest BCUT2D eigenvalue weighted by Crippen LogP contribution is -2.20. The van der Waals surface area contributed by atoms with Gasteiger partial charge in [-0.25, -0.2) is 9.59 Å². The van der Waals surface area contributed by atoms with E-state index in [1.165, 1.54) is 0 Å². The number of carboxylic acids is 2. The quantitative estimate of drug-likeness (QED) is 0.421. The van der Waals surface area contributed by atoms with Crippen LogP contribution in [0.5, 0.6) is 5.75 Å². The number of hydrogen-bond donors (Lipinski definition) is 4. The molecule has 1 aromatic rings. The molecule has 0 aliphatic rings. The second-order valence-corrected chi connectivity index (χ2v) is 4.66. The van der Waals surface area contributed by atoms with Crippen molar-refractivity contribution in [3.8, 4) is 5.75 Å². The summed E-state index contributed by atoms with van der Waals surface area (Å²) in [7, 11) is 0. The third-order valence-electron chi connectivity index (χ3n) is 2.03. The van der Waals surface area contributed by atoms with Gasteiger partial charge in [-0.05, 0) is 31.2 Å². The van der Waals surface area contributed by atoms with Crippen LogP contribution in [-0.2, 0) is 9.59 Å². The number of carboxylic acid groups (broad SMARTS) is 2. The van der Waals surface area contributed by atoms with Gasteiger partial charge in [0.05, 0.1) is 13.2 Å². The first-order valence-corrected chi connectivity index (χ1v) is 6.92. The minimum absolute atomic E-state index is 0.187. The van der Waals surface area contributed by atoms with Gasteiger partial charge in [-0.3, -0.25) is 0 Å². The monoisotopic (exact) mass is 363 g/mol. The van der Waals surface area contributed by atoms with Crippen molar-refractivity contribution in [1.82, 2.24) is 5.32 Å². The number of aliphatic carboxylic acids is 2. The maximum absolute atomic E-state index is 9.10. The summed E-state index contributed by atoms with van der Waals surface area (Å²) in [6.07, 6.45) is 0.937. The Balaban J connectivity index is 0.000000567. The van der Waals surface area contributed by atoms with Crippen LogP contribution in [0, 0.1) is 0 Å². The van der Waals surface area contributed by atoms with E-state index < -0.39 is 11.9 Å². The van der Waals surface area contributed by atoms with Crippen molar-refractivity contribution in [2.24, 2.45) is 0 Å². The van der Waals surface area contributed by atoms with Crippen LogP contribution >= 0.6 is 15.9 Å². The van der Waals surface area contributed by atoms with Crippen LogP contribution in [0.2, 0.25) is 0 Å². The van der Waals surface area contributed by atoms with E-state index in [2.05, 4.69) is 21.2 Å². The zero-order chi connectivity index (χ0) is 16.1. The summed E-state index contributed by atoms with van der Waals surface area (Å²) in [5, 5.41) is 26.4. The summed E-state index contributed by atoms with van der Waals surface area (Å²) in [6, 6.07) is 7.80. The molecule has 1 aromatic carbocycles. The Morgan fingerprint density at radius 2 is 1.86 bits per heavy atom. The predicted molar refractivity (Wildman–Crippen MR) is 79.5 cm³/mol. The highest BCUT2D eigenvalue weighted by Crippen LogP contribution is 2.17. The maximum atomic E-state index is 9.10. The second-order valence-electron chi connectivity index (χ2n) is 3.74. The molecule has 0 radical (unpaired) electrons. The zero-order valence-corrected chi connectivity index (χ0v) is 12.9. The molecule has 0 spiro atoms. The maximum Gasteiger partial charge on any atom is 0.414 e. The van der Waals surface area contributed by atoms with Crippen LogP contribution < -0.4 is 10.1 Å². The van der Waals surface area contributed by atoms with Crippen LogP contribution in [0.3, 0.4) is 0 Å². The van der Waals surface area contributed by atoms with Gasteiger partial charge in [0.1, 0.15) is 5.75 Å². The van der Waals surface area contributed by atoms with Gasteiger partial charge in [-0.1, -0.05) is 22.0 Å². The molecule has 21 heavy (non-hydrogen) atoms. The van der Waals surface area contributed by atoms with Crippen LogP contribution in [-0.4, -0.2) is 53.6 Å². The van der Waals surface area contributed by atoms with Gasteiger partial charge in [-0.15, -0.1) is 0 Å². The molecule has 7 nitrogen and oxygen atoms in total. The number of aliphatic hydroxyl groups is 1. The molecular weight excluding hydrogens is 346 g/mol. The first-order valence-electron chi connectivity index (χ1n) is 6.13. The lowest BCUT2D eigenvalue weighted by atomic mass is 10.3. The fraction of sp³-hybridized carbons (Fsp3) is 0.385. The molecule has 0 aliphatic heterocycles. The average Bonchev–Trinajstić information content (AvgIpc) is 2.43. The molecule has 0 heterocycles. The largest absolute Gasteiger partial charge is 0.494 e. The highest BCUT2D eigenvalue weighted by Gasteiger charge is 2.04. The van der Waals surface area contributed by atoms with E-state index in [-0.39, 0.29) is 6.61 Å². The zero-order valence-electron chi connectivity index (χ0n) is 11.3. The van der Waals surface area contributed by atoms with E-state index in [0.29, 0.717) is 13.2 Å². The number of benzene rings is 1. The minimum Gasteiger partial charge on any atom is -0.494 e. The molecule has 0 unspecified atom stereocenters. The molecule has 0 atom stereocenters. The van der Waals surface area contributed by atoms with E-state index in [4.69, 9.17) is 29.6 Å². The first-order chi connectivity index (χ1) is 9.97. The predicted octanol–water partition coefficient (Wildman–Crippen LogP) is 0.956. The highest BCUT2D eigenvalue weighted by molar-refractivity contribution is 9.10. The van der Waals surface area contributed by atoms with E-state index in [9.17, 15) is 0 Å². The number of hydrogen-bond acceptors (Lipinski definition) is 5. The SMILES string of the molecule is O=C(O)C(=O)O.OCCNCCCOc1cccc(Br)c1. The lowest BCUT2D eigenvalue weighted by molar-refractivity contribution is -0.159. The summed E-state index contributed by atoms with van der Waals surface area (Å²) in [5.41, 5.74) is 0. The summed E-state index contributed by atoms with van der Waals surface area (Å²) in [6.45, 7) is 2.40. The van der Waals surface area contributed by atoms with E-state index in [1.807, 2.05) is 24.3 Å². The van der Waals surface area contributed by atoms with Crippen LogP contribution in [0.15, 0.2) is 28.7 Å². The van der Waals surface area contributed by atoms with E-state index in [1.54, 1.807) is 0 Å². The molecule has 0 saturated carbocycles. The second kappa shape index (κ2) is 12.1. The fourth-order valence-corrected chi connectivity index (χ4v) is 1.53. The van der Waals surface area contributed by atoms with Gasteiger partial charge in [0.25, 0.3) is 0 Å². The molecule has 0 saturated heterocycles. The summed E-state index contributed by atoms with van der Waals surface area (Å²) in [4.78, 5) is 18.2. The number of nitrogens with one attached hydrogen (secondary N) is 1. The Kier molecular flexibility index (Phi) is 11.2. The molecular formula is C13H18BrNO6. The molecule has 4 N–H and O–H groups in total. The van der Waals surface area contributed by atoms with Gasteiger partial charge < -0.3 is 25.4 Å². The van der Waals surface area contributed by atoms with Gasteiger partial charge in [-0.2, -0.15) is 0 Å². The fourth-order valence-electron chi connectivity index (χ4n) is 1.15. The molecule has 0 bridgehead atoms. The Morgan fingerprint density at radius 1 is 1.19 bits per heavy atom. The summed E-state index contributed by atoms with van der Waals surface area (Å²) >= 11 is 3.39. The molecule has 0 amide bonds. The van der Waals surface area contributed by atoms with Crippen LogP contribution in [0.1, 0.15) is 6.42 Å². The van der Waals surface area contributed by atoms with Crippen LogP contribution in [0.4, 0.5) is 0 Å². The summed E-state index contributed by atoms with van der Waals surface area (Å²) < 4.78 is 6.56. The van der Waals surface area contributed by atoms with Gasteiger partial charge in [0.2, 0.25) is 0 Å².